The number of rotatable bonds is 3. The molecule has 0 atom stereocenters. The van der Waals surface area contributed by atoms with Crippen molar-refractivity contribution in [2.45, 2.75) is 31.7 Å². The van der Waals surface area contributed by atoms with Crippen molar-refractivity contribution in [3.63, 3.8) is 0 Å². The highest BCUT2D eigenvalue weighted by Gasteiger charge is 2.19. The van der Waals surface area contributed by atoms with Gasteiger partial charge < -0.3 is 0 Å². The molecule has 84 valence electrons. The molecule has 0 unspecified atom stereocenters. The monoisotopic (exact) mass is 216 g/mol. The molecular formula is C13H16N2O. The Morgan fingerprint density at radius 3 is 2.56 bits per heavy atom. The van der Waals surface area contributed by atoms with E-state index in [1.165, 1.54) is 12.8 Å². The zero-order valence-electron chi connectivity index (χ0n) is 9.35. The summed E-state index contributed by atoms with van der Waals surface area (Å²) in [5.74, 6) is 0. The minimum Gasteiger partial charge on any atom is -0.296 e. The first-order valence-corrected chi connectivity index (χ1v) is 5.64. The fourth-order valence-corrected chi connectivity index (χ4v) is 2.29. The molecule has 0 N–H and O–H groups in total. The van der Waals surface area contributed by atoms with Crippen LogP contribution in [0.2, 0.25) is 0 Å². The molecule has 3 nitrogen and oxygen atoms in total. The van der Waals surface area contributed by atoms with Gasteiger partial charge in [-0.1, -0.05) is 32.1 Å². The zero-order chi connectivity index (χ0) is 11.5. The van der Waals surface area contributed by atoms with E-state index in [0.717, 1.165) is 12.8 Å². The lowest BCUT2D eigenvalue weighted by Gasteiger charge is -2.14. The summed E-state index contributed by atoms with van der Waals surface area (Å²) in [5, 5.41) is 0. The Morgan fingerprint density at radius 2 is 2.00 bits per heavy atom. The summed E-state index contributed by atoms with van der Waals surface area (Å²) in [6.45, 7) is 7.32. The van der Waals surface area contributed by atoms with Crippen molar-refractivity contribution < 1.29 is 0 Å². The first kappa shape index (κ1) is 10.9. The number of hydrogen-bond donors (Lipinski definition) is 0. The summed E-state index contributed by atoms with van der Waals surface area (Å²) in [5.41, 5.74) is 1.19. The van der Waals surface area contributed by atoms with Gasteiger partial charge in [-0.25, -0.2) is 4.98 Å². The SMILES string of the molecule is C=Cc1ncn(C2CCCC2)c(=O)c1C=C. The van der Waals surface area contributed by atoms with E-state index in [2.05, 4.69) is 18.1 Å². The van der Waals surface area contributed by atoms with E-state index in [1.807, 2.05) is 0 Å². The highest BCUT2D eigenvalue weighted by Crippen LogP contribution is 2.28. The standard InChI is InChI=1S/C13H16N2O/c1-3-11-12(4-2)14-9-15(13(11)16)10-7-5-6-8-10/h3-4,9-10H,1-2,5-8H2. The van der Waals surface area contributed by atoms with Gasteiger partial charge in [0.2, 0.25) is 0 Å². The van der Waals surface area contributed by atoms with Gasteiger partial charge in [0.25, 0.3) is 5.56 Å². The molecule has 0 saturated heterocycles. The number of aromatic nitrogens is 2. The lowest BCUT2D eigenvalue weighted by Crippen LogP contribution is -2.26. The second-order valence-corrected chi connectivity index (χ2v) is 4.10. The molecule has 16 heavy (non-hydrogen) atoms. The Morgan fingerprint density at radius 1 is 1.31 bits per heavy atom. The maximum atomic E-state index is 12.2. The van der Waals surface area contributed by atoms with E-state index in [9.17, 15) is 4.79 Å². The van der Waals surface area contributed by atoms with Gasteiger partial charge in [0.1, 0.15) is 0 Å². The molecule has 0 aliphatic heterocycles. The summed E-state index contributed by atoms with van der Waals surface area (Å²) >= 11 is 0. The number of nitrogens with zero attached hydrogens (tertiary/aromatic N) is 2. The molecule has 1 aromatic heterocycles. The quantitative estimate of drug-likeness (QED) is 0.778. The minimum atomic E-state index is 0.00630. The van der Waals surface area contributed by atoms with E-state index >= 15 is 0 Å². The van der Waals surface area contributed by atoms with E-state index in [4.69, 9.17) is 0 Å². The smallest absolute Gasteiger partial charge is 0.261 e. The molecule has 0 spiro atoms. The molecule has 0 bridgehead atoms. The second kappa shape index (κ2) is 4.47. The van der Waals surface area contributed by atoms with E-state index in [0.29, 0.717) is 17.3 Å². The van der Waals surface area contributed by atoms with Crippen molar-refractivity contribution in [1.82, 2.24) is 9.55 Å². The van der Waals surface area contributed by atoms with Crippen LogP contribution in [-0.2, 0) is 0 Å². The van der Waals surface area contributed by atoms with Gasteiger partial charge in [0, 0.05) is 6.04 Å². The first-order valence-electron chi connectivity index (χ1n) is 5.64. The highest BCUT2D eigenvalue weighted by molar-refractivity contribution is 5.59. The highest BCUT2D eigenvalue weighted by atomic mass is 16.1. The van der Waals surface area contributed by atoms with Crippen molar-refractivity contribution in [1.29, 1.82) is 0 Å². The Bertz CT molecular complexity index is 467. The summed E-state index contributed by atoms with van der Waals surface area (Å²) in [6.07, 6.45) is 9.35. The summed E-state index contributed by atoms with van der Waals surface area (Å²) < 4.78 is 1.75. The second-order valence-electron chi connectivity index (χ2n) is 4.10. The van der Waals surface area contributed by atoms with E-state index in [1.54, 1.807) is 23.0 Å². The van der Waals surface area contributed by atoms with Gasteiger partial charge in [-0.2, -0.15) is 0 Å². The van der Waals surface area contributed by atoms with Crippen molar-refractivity contribution in [3.8, 4) is 0 Å². The molecule has 0 radical (unpaired) electrons. The molecule has 1 aliphatic rings. The fraction of sp³-hybridized carbons (Fsp3) is 0.385. The van der Waals surface area contributed by atoms with Crippen molar-refractivity contribution in [2.75, 3.05) is 0 Å². The molecule has 1 saturated carbocycles. The van der Waals surface area contributed by atoms with Crippen LogP contribution in [0.25, 0.3) is 12.2 Å². The molecule has 1 aliphatic carbocycles. The van der Waals surface area contributed by atoms with Crippen LogP contribution in [-0.4, -0.2) is 9.55 Å². The van der Waals surface area contributed by atoms with Gasteiger partial charge in [-0.15, -0.1) is 0 Å². The van der Waals surface area contributed by atoms with Crippen LogP contribution in [0.1, 0.15) is 43.0 Å². The van der Waals surface area contributed by atoms with Crippen LogP contribution in [0, 0.1) is 0 Å². The van der Waals surface area contributed by atoms with Crippen LogP contribution < -0.4 is 5.56 Å². The average molecular weight is 216 g/mol. The molecule has 1 fully saturated rings. The predicted octanol–water partition coefficient (Wildman–Crippen LogP) is 2.64. The van der Waals surface area contributed by atoms with Gasteiger partial charge in [0.05, 0.1) is 17.6 Å². The van der Waals surface area contributed by atoms with E-state index in [-0.39, 0.29) is 5.56 Å². The summed E-state index contributed by atoms with van der Waals surface area (Å²) in [6, 6.07) is 0.317. The fourth-order valence-electron chi connectivity index (χ4n) is 2.29. The third-order valence-electron chi connectivity index (χ3n) is 3.18. The van der Waals surface area contributed by atoms with Crippen LogP contribution in [0.4, 0.5) is 0 Å². The largest absolute Gasteiger partial charge is 0.296 e. The molecule has 0 amide bonds. The minimum absolute atomic E-state index is 0.00630. The van der Waals surface area contributed by atoms with Crippen LogP contribution >= 0.6 is 0 Å². The van der Waals surface area contributed by atoms with Crippen molar-refractivity contribution >= 4 is 12.2 Å². The Hall–Kier alpha value is -1.64. The third kappa shape index (κ3) is 1.73. The van der Waals surface area contributed by atoms with Gasteiger partial charge in [0.15, 0.2) is 0 Å². The Kier molecular flexibility index (Phi) is 3.04. The third-order valence-corrected chi connectivity index (χ3v) is 3.18. The molecule has 0 aromatic carbocycles. The molecular weight excluding hydrogens is 200 g/mol. The van der Waals surface area contributed by atoms with Gasteiger partial charge in [-0.05, 0) is 18.9 Å². The van der Waals surface area contributed by atoms with Crippen molar-refractivity contribution in [3.05, 3.63) is 41.1 Å². The zero-order valence-corrected chi connectivity index (χ0v) is 9.35. The maximum Gasteiger partial charge on any atom is 0.261 e. The van der Waals surface area contributed by atoms with E-state index < -0.39 is 0 Å². The molecule has 1 heterocycles. The molecule has 2 rings (SSSR count). The number of hydrogen-bond acceptors (Lipinski definition) is 2. The maximum absolute atomic E-state index is 12.2. The lowest BCUT2D eigenvalue weighted by molar-refractivity contribution is 0.494. The predicted molar refractivity (Wildman–Crippen MR) is 66.2 cm³/mol. The van der Waals surface area contributed by atoms with Crippen LogP contribution in [0.15, 0.2) is 24.3 Å². The van der Waals surface area contributed by atoms with Gasteiger partial charge >= 0.3 is 0 Å². The molecule has 3 heteroatoms. The summed E-state index contributed by atoms with van der Waals surface area (Å²) in [7, 11) is 0. The first-order chi connectivity index (χ1) is 7.77. The normalized spacial score (nSPS) is 16.2. The average Bonchev–Trinajstić information content (AvgIpc) is 2.81. The summed E-state index contributed by atoms with van der Waals surface area (Å²) in [4.78, 5) is 16.4. The lowest BCUT2D eigenvalue weighted by atomic mass is 10.2. The van der Waals surface area contributed by atoms with Crippen LogP contribution in [0.3, 0.4) is 0 Å². The topological polar surface area (TPSA) is 34.9 Å². The van der Waals surface area contributed by atoms with Gasteiger partial charge in [-0.3, -0.25) is 9.36 Å². The Labute approximate surface area is 95.1 Å². The van der Waals surface area contributed by atoms with Crippen LogP contribution in [0.5, 0.6) is 0 Å². The Balaban J connectivity index is 2.51. The molecule has 1 aromatic rings. The van der Waals surface area contributed by atoms with Crippen molar-refractivity contribution in [2.24, 2.45) is 0 Å².